The van der Waals surface area contributed by atoms with Crippen LogP contribution in [0.25, 0.3) is 0 Å². The number of hydrogen-bond donors (Lipinski definition) is 0. The summed E-state index contributed by atoms with van der Waals surface area (Å²) in [7, 11) is 0. The zero-order valence-electron chi connectivity index (χ0n) is 26.4. The highest BCUT2D eigenvalue weighted by Crippen LogP contribution is 2.43. The Morgan fingerprint density at radius 1 is 0.541 bits per heavy atom. The summed E-state index contributed by atoms with van der Waals surface area (Å²) in [5, 5.41) is 0. The Morgan fingerprint density at radius 2 is 0.946 bits per heavy atom. The zero-order chi connectivity index (χ0) is 27.6. The van der Waals surface area contributed by atoms with E-state index in [1.54, 1.807) is 0 Å². The molecule has 216 valence electrons. The van der Waals surface area contributed by atoms with Crippen molar-refractivity contribution >= 4 is 0 Å². The molecule has 0 bridgehead atoms. The van der Waals surface area contributed by atoms with Gasteiger partial charge in [0.1, 0.15) is 11.5 Å². The van der Waals surface area contributed by atoms with Gasteiger partial charge < -0.3 is 9.47 Å². The fraction of sp³-hybridized carbons (Fsp3) is 0.829. The van der Waals surface area contributed by atoms with Crippen molar-refractivity contribution in [3.63, 3.8) is 0 Å². The largest absolute Gasteiger partial charge is 0.493 e. The third kappa shape index (κ3) is 15.7. The first-order valence-corrected chi connectivity index (χ1v) is 16.0. The van der Waals surface area contributed by atoms with Crippen molar-refractivity contribution in [1.82, 2.24) is 0 Å². The van der Waals surface area contributed by atoms with E-state index in [4.69, 9.17) is 9.47 Å². The van der Waals surface area contributed by atoms with E-state index in [9.17, 15) is 0 Å². The predicted octanol–water partition coefficient (Wildman–Crippen LogP) is 11.7. The molecule has 0 saturated carbocycles. The van der Waals surface area contributed by atoms with E-state index in [1.165, 1.54) is 101 Å². The van der Waals surface area contributed by atoms with Gasteiger partial charge in [0.05, 0.1) is 13.2 Å². The fourth-order valence-corrected chi connectivity index (χ4v) is 5.72. The minimum atomic E-state index is 0.0250. The van der Waals surface area contributed by atoms with Gasteiger partial charge in [0.15, 0.2) is 0 Å². The summed E-state index contributed by atoms with van der Waals surface area (Å²) < 4.78 is 12.8. The van der Waals surface area contributed by atoms with E-state index < -0.39 is 0 Å². The van der Waals surface area contributed by atoms with E-state index in [2.05, 4.69) is 67.5 Å². The summed E-state index contributed by atoms with van der Waals surface area (Å²) in [5.41, 5.74) is 2.78. The van der Waals surface area contributed by atoms with Crippen LogP contribution in [0.15, 0.2) is 12.1 Å². The molecule has 1 rings (SSSR count). The van der Waals surface area contributed by atoms with Gasteiger partial charge in [-0.15, -0.1) is 0 Å². The highest BCUT2D eigenvalue weighted by Gasteiger charge is 2.31. The van der Waals surface area contributed by atoms with E-state index in [0.29, 0.717) is 0 Å². The molecular formula is C35H64O2. The molecule has 0 unspecified atom stereocenters. The molecule has 0 aliphatic heterocycles. The van der Waals surface area contributed by atoms with Gasteiger partial charge in [-0.25, -0.2) is 0 Å². The highest BCUT2D eigenvalue weighted by atomic mass is 16.5. The second-order valence-corrected chi connectivity index (χ2v) is 13.4. The predicted molar refractivity (Wildman–Crippen MR) is 164 cm³/mol. The van der Waals surface area contributed by atoms with Crippen LogP contribution in [0.1, 0.15) is 169 Å². The maximum Gasteiger partial charge on any atom is 0.123 e. The number of benzene rings is 1. The van der Waals surface area contributed by atoms with Gasteiger partial charge in [-0.2, -0.15) is 0 Å². The van der Waals surface area contributed by atoms with Gasteiger partial charge >= 0.3 is 0 Å². The zero-order valence-corrected chi connectivity index (χ0v) is 26.4. The van der Waals surface area contributed by atoms with E-state index >= 15 is 0 Å². The second-order valence-electron chi connectivity index (χ2n) is 13.4. The maximum absolute atomic E-state index is 6.46. The van der Waals surface area contributed by atoms with Crippen LogP contribution in [0.3, 0.4) is 0 Å². The lowest BCUT2D eigenvalue weighted by atomic mass is 9.72. The standard InChI is InChI=1S/C35H64O2/c1-9-11-13-15-17-19-21-23-25-36-32-28-31(35(7,8)29-34(4,5)6)33(27-30(32)3)37-26-24-22-20-18-16-14-12-10-2/h27-28H,9-26,29H2,1-8H3. The first kappa shape index (κ1) is 33.8. The van der Waals surface area contributed by atoms with Crippen LogP contribution < -0.4 is 9.47 Å². The van der Waals surface area contributed by atoms with Crippen molar-refractivity contribution in [2.45, 2.75) is 170 Å². The molecule has 0 atom stereocenters. The van der Waals surface area contributed by atoms with Gasteiger partial charge in [-0.3, -0.25) is 0 Å². The summed E-state index contributed by atoms with van der Waals surface area (Å²) in [6.45, 7) is 20.1. The van der Waals surface area contributed by atoms with E-state index in [-0.39, 0.29) is 10.8 Å². The molecule has 0 aromatic heterocycles. The Kier molecular flexibility index (Phi) is 17.4. The average Bonchev–Trinajstić information content (AvgIpc) is 2.81. The lowest BCUT2D eigenvalue weighted by Crippen LogP contribution is -2.26. The summed E-state index contributed by atoms with van der Waals surface area (Å²) in [6, 6.07) is 4.54. The van der Waals surface area contributed by atoms with Gasteiger partial charge in [0.25, 0.3) is 0 Å². The topological polar surface area (TPSA) is 18.5 Å². The quantitative estimate of drug-likeness (QED) is 0.143. The van der Waals surface area contributed by atoms with Crippen molar-refractivity contribution in [2.24, 2.45) is 5.41 Å². The molecule has 0 saturated heterocycles. The summed E-state index contributed by atoms with van der Waals surface area (Å²) in [6.07, 6.45) is 22.3. The first-order chi connectivity index (χ1) is 17.6. The van der Waals surface area contributed by atoms with Crippen LogP contribution in [0.5, 0.6) is 11.5 Å². The molecule has 0 fully saturated rings. The molecule has 0 spiro atoms. The van der Waals surface area contributed by atoms with Gasteiger partial charge in [-0.1, -0.05) is 138 Å². The van der Waals surface area contributed by atoms with Gasteiger partial charge in [0.2, 0.25) is 0 Å². The molecule has 1 aromatic rings. The van der Waals surface area contributed by atoms with Gasteiger partial charge in [0, 0.05) is 5.56 Å². The third-order valence-electron chi connectivity index (χ3n) is 7.49. The third-order valence-corrected chi connectivity index (χ3v) is 7.49. The van der Waals surface area contributed by atoms with Crippen molar-refractivity contribution in [1.29, 1.82) is 0 Å². The fourth-order valence-electron chi connectivity index (χ4n) is 5.72. The van der Waals surface area contributed by atoms with Crippen molar-refractivity contribution < 1.29 is 9.47 Å². The molecule has 2 nitrogen and oxygen atoms in total. The van der Waals surface area contributed by atoms with Crippen LogP contribution in [-0.4, -0.2) is 13.2 Å². The van der Waals surface area contributed by atoms with Crippen molar-refractivity contribution in [2.75, 3.05) is 13.2 Å². The Balaban J connectivity index is 2.69. The SMILES string of the molecule is CCCCCCCCCCOc1cc(C(C)(C)CC(C)(C)C)c(OCCCCCCCCCC)cc1C. The molecule has 2 heteroatoms. The molecule has 0 amide bonds. The number of hydrogen-bond acceptors (Lipinski definition) is 2. The van der Waals surface area contributed by atoms with E-state index in [0.717, 1.165) is 44.0 Å². The first-order valence-electron chi connectivity index (χ1n) is 16.0. The highest BCUT2D eigenvalue weighted by molar-refractivity contribution is 5.49. The normalized spacial score (nSPS) is 12.2. The number of rotatable bonds is 22. The lowest BCUT2D eigenvalue weighted by molar-refractivity contribution is 0.259. The van der Waals surface area contributed by atoms with Crippen molar-refractivity contribution in [3.8, 4) is 11.5 Å². The lowest BCUT2D eigenvalue weighted by Gasteiger charge is -2.34. The average molecular weight is 517 g/mol. The Labute approximate surface area is 232 Å². The molecule has 37 heavy (non-hydrogen) atoms. The molecule has 0 aliphatic rings. The van der Waals surface area contributed by atoms with Crippen LogP contribution in [0.4, 0.5) is 0 Å². The monoisotopic (exact) mass is 516 g/mol. The smallest absolute Gasteiger partial charge is 0.123 e. The molecular weight excluding hydrogens is 452 g/mol. The molecule has 0 N–H and O–H groups in total. The van der Waals surface area contributed by atoms with E-state index in [1.807, 2.05) is 0 Å². The summed E-state index contributed by atoms with van der Waals surface area (Å²) in [4.78, 5) is 0. The molecule has 0 heterocycles. The van der Waals surface area contributed by atoms with Crippen LogP contribution in [-0.2, 0) is 5.41 Å². The number of aryl methyl sites for hydroxylation is 1. The molecule has 1 aromatic carbocycles. The Morgan fingerprint density at radius 3 is 1.38 bits per heavy atom. The number of unbranched alkanes of at least 4 members (excludes halogenated alkanes) is 14. The summed E-state index contributed by atoms with van der Waals surface area (Å²) >= 11 is 0. The van der Waals surface area contributed by atoms with Crippen molar-refractivity contribution in [3.05, 3.63) is 23.3 Å². The second kappa shape index (κ2) is 19.0. The molecule has 0 radical (unpaired) electrons. The van der Waals surface area contributed by atoms with Crippen LogP contribution in [0, 0.1) is 12.3 Å². The summed E-state index contributed by atoms with van der Waals surface area (Å²) in [5.74, 6) is 2.11. The van der Waals surface area contributed by atoms with Crippen LogP contribution >= 0.6 is 0 Å². The van der Waals surface area contributed by atoms with Gasteiger partial charge in [-0.05, 0) is 54.7 Å². The number of ether oxygens (including phenoxy) is 2. The minimum absolute atomic E-state index is 0.0250. The Hall–Kier alpha value is -1.18. The minimum Gasteiger partial charge on any atom is -0.493 e. The van der Waals surface area contributed by atoms with Crippen LogP contribution in [0.2, 0.25) is 0 Å². The Bertz CT molecular complexity index is 698. The maximum atomic E-state index is 6.46. The molecule has 0 aliphatic carbocycles.